The molecule has 0 radical (unpaired) electrons. The summed E-state index contributed by atoms with van der Waals surface area (Å²) in [6, 6.07) is 5.76. The number of aliphatic hydroxyl groups is 1. The number of anilines is 2. The van der Waals surface area contributed by atoms with E-state index in [0.717, 1.165) is 42.3 Å². The number of hydrogen-bond acceptors (Lipinski definition) is 6. The van der Waals surface area contributed by atoms with Crippen molar-refractivity contribution < 1.29 is 9.90 Å². The Morgan fingerprint density at radius 1 is 1.24 bits per heavy atom. The van der Waals surface area contributed by atoms with Crippen molar-refractivity contribution in [1.29, 1.82) is 0 Å². The third-order valence-corrected chi connectivity index (χ3v) is 5.40. The van der Waals surface area contributed by atoms with Crippen molar-refractivity contribution >= 4 is 28.7 Å². The minimum atomic E-state index is -0.563. The zero-order chi connectivity index (χ0) is 20.5. The molecule has 1 aliphatic carbocycles. The van der Waals surface area contributed by atoms with Gasteiger partial charge in [-0.3, -0.25) is 4.79 Å². The number of nitrogens with one attached hydrogen (secondary N) is 1. The van der Waals surface area contributed by atoms with Crippen molar-refractivity contribution in [2.45, 2.75) is 44.8 Å². The molecular formula is C21H26N6O2. The molecule has 0 aromatic carbocycles. The highest BCUT2D eigenvalue weighted by atomic mass is 16.3. The summed E-state index contributed by atoms with van der Waals surface area (Å²) in [7, 11) is 3.53. The second kappa shape index (κ2) is 7.79. The number of pyridine rings is 1. The van der Waals surface area contributed by atoms with Crippen molar-refractivity contribution in [3.05, 3.63) is 41.9 Å². The van der Waals surface area contributed by atoms with Crippen LogP contribution in [-0.2, 0) is 0 Å². The first kappa shape index (κ1) is 19.3. The molecule has 3 heterocycles. The van der Waals surface area contributed by atoms with Crippen LogP contribution in [0.15, 0.2) is 30.6 Å². The fourth-order valence-corrected chi connectivity index (χ4v) is 3.83. The highest BCUT2D eigenvalue weighted by molar-refractivity contribution is 5.97. The smallest absolute Gasteiger partial charge is 0.270 e. The lowest BCUT2D eigenvalue weighted by molar-refractivity contribution is 0.0815. The second-order valence-electron chi connectivity index (χ2n) is 7.79. The van der Waals surface area contributed by atoms with E-state index < -0.39 is 6.10 Å². The van der Waals surface area contributed by atoms with E-state index in [2.05, 4.69) is 19.9 Å². The van der Waals surface area contributed by atoms with E-state index in [9.17, 15) is 9.90 Å². The van der Waals surface area contributed by atoms with E-state index in [4.69, 9.17) is 4.98 Å². The SMILES string of the molecule is CC(O)c1ccc(Nc2ncc3cc(C(=O)N(C)C)n(C4CCCC4)c3n2)nc1. The molecule has 0 aliphatic heterocycles. The molecule has 1 saturated carbocycles. The zero-order valence-corrected chi connectivity index (χ0v) is 17.0. The van der Waals surface area contributed by atoms with Gasteiger partial charge < -0.3 is 19.9 Å². The quantitative estimate of drug-likeness (QED) is 0.688. The maximum atomic E-state index is 12.8. The van der Waals surface area contributed by atoms with E-state index in [1.54, 1.807) is 44.4 Å². The number of hydrogen-bond donors (Lipinski definition) is 2. The second-order valence-corrected chi connectivity index (χ2v) is 7.79. The lowest BCUT2D eigenvalue weighted by atomic mass is 10.2. The predicted octanol–water partition coefficient (Wildman–Crippen LogP) is 3.44. The van der Waals surface area contributed by atoms with Crippen molar-refractivity contribution in [2.24, 2.45) is 0 Å². The van der Waals surface area contributed by atoms with Crippen LogP contribution in [0.3, 0.4) is 0 Å². The molecule has 3 aromatic rings. The third kappa shape index (κ3) is 3.80. The average molecular weight is 394 g/mol. The number of nitrogens with zero attached hydrogens (tertiary/aromatic N) is 5. The monoisotopic (exact) mass is 394 g/mol. The highest BCUT2D eigenvalue weighted by Crippen LogP contribution is 2.34. The van der Waals surface area contributed by atoms with Gasteiger partial charge in [-0.1, -0.05) is 18.9 Å². The molecule has 0 saturated heterocycles. The molecule has 1 atom stereocenters. The first-order chi connectivity index (χ1) is 13.9. The molecule has 152 valence electrons. The van der Waals surface area contributed by atoms with Gasteiger partial charge in [-0.25, -0.2) is 9.97 Å². The van der Waals surface area contributed by atoms with E-state index >= 15 is 0 Å². The fraction of sp³-hybridized carbons (Fsp3) is 0.429. The Kier molecular flexibility index (Phi) is 5.19. The first-order valence-corrected chi connectivity index (χ1v) is 9.94. The molecule has 1 fully saturated rings. The zero-order valence-electron chi connectivity index (χ0n) is 17.0. The van der Waals surface area contributed by atoms with Gasteiger partial charge >= 0.3 is 0 Å². The summed E-state index contributed by atoms with van der Waals surface area (Å²) in [6.45, 7) is 1.70. The van der Waals surface area contributed by atoms with Gasteiger partial charge in [0, 0.05) is 37.9 Å². The summed E-state index contributed by atoms with van der Waals surface area (Å²) in [6.07, 6.45) is 7.23. The van der Waals surface area contributed by atoms with Crippen LogP contribution < -0.4 is 5.32 Å². The van der Waals surface area contributed by atoms with Gasteiger partial charge in [-0.2, -0.15) is 4.98 Å². The van der Waals surface area contributed by atoms with E-state index in [0.29, 0.717) is 17.5 Å². The van der Waals surface area contributed by atoms with Crippen LogP contribution in [0.1, 0.15) is 60.8 Å². The molecule has 3 aromatic heterocycles. The van der Waals surface area contributed by atoms with Crippen LogP contribution in [-0.4, -0.2) is 49.5 Å². The minimum Gasteiger partial charge on any atom is -0.389 e. The normalized spacial score (nSPS) is 15.6. The third-order valence-electron chi connectivity index (χ3n) is 5.40. The van der Waals surface area contributed by atoms with Gasteiger partial charge in [0.2, 0.25) is 5.95 Å². The van der Waals surface area contributed by atoms with Gasteiger partial charge in [0.25, 0.3) is 5.91 Å². The Morgan fingerprint density at radius 3 is 2.62 bits per heavy atom. The largest absolute Gasteiger partial charge is 0.389 e. The van der Waals surface area contributed by atoms with Gasteiger partial charge in [-0.15, -0.1) is 0 Å². The Bertz CT molecular complexity index is 1020. The summed E-state index contributed by atoms with van der Waals surface area (Å²) in [5.74, 6) is 0.994. The lowest BCUT2D eigenvalue weighted by Crippen LogP contribution is -2.25. The van der Waals surface area contributed by atoms with Crippen LogP contribution in [0.5, 0.6) is 0 Å². The summed E-state index contributed by atoms with van der Waals surface area (Å²) in [4.78, 5) is 27.8. The van der Waals surface area contributed by atoms with Crippen molar-refractivity contribution in [2.75, 3.05) is 19.4 Å². The van der Waals surface area contributed by atoms with Crippen LogP contribution in [0.25, 0.3) is 11.0 Å². The fourth-order valence-electron chi connectivity index (χ4n) is 3.83. The number of aliphatic hydroxyl groups excluding tert-OH is 1. The van der Waals surface area contributed by atoms with Gasteiger partial charge in [-0.05, 0) is 37.5 Å². The molecule has 29 heavy (non-hydrogen) atoms. The molecular weight excluding hydrogens is 368 g/mol. The number of aromatic nitrogens is 4. The molecule has 4 rings (SSSR count). The van der Waals surface area contributed by atoms with Crippen LogP contribution in [0.2, 0.25) is 0 Å². The van der Waals surface area contributed by atoms with Gasteiger partial charge in [0.1, 0.15) is 17.2 Å². The van der Waals surface area contributed by atoms with Crippen LogP contribution in [0.4, 0.5) is 11.8 Å². The van der Waals surface area contributed by atoms with E-state index in [1.807, 2.05) is 12.1 Å². The summed E-state index contributed by atoms with van der Waals surface area (Å²) >= 11 is 0. The molecule has 1 unspecified atom stereocenters. The first-order valence-electron chi connectivity index (χ1n) is 9.94. The average Bonchev–Trinajstić information content (AvgIpc) is 3.34. The molecule has 8 heteroatoms. The number of carbonyl (C=O) groups excluding carboxylic acids is 1. The topological polar surface area (TPSA) is 96.2 Å². The summed E-state index contributed by atoms with van der Waals surface area (Å²) in [5.41, 5.74) is 2.16. The number of amides is 1. The molecule has 1 aliphatic rings. The van der Waals surface area contributed by atoms with Crippen molar-refractivity contribution in [1.82, 2.24) is 24.4 Å². The maximum Gasteiger partial charge on any atom is 0.270 e. The van der Waals surface area contributed by atoms with Gasteiger partial charge in [0.05, 0.1) is 6.10 Å². The van der Waals surface area contributed by atoms with Crippen LogP contribution >= 0.6 is 0 Å². The maximum absolute atomic E-state index is 12.8. The van der Waals surface area contributed by atoms with Crippen LogP contribution in [0, 0.1) is 0 Å². The molecule has 8 nitrogen and oxygen atoms in total. The summed E-state index contributed by atoms with van der Waals surface area (Å²) < 4.78 is 2.08. The Hall–Kier alpha value is -3.00. The Balaban J connectivity index is 1.72. The van der Waals surface area contributed by atoms with E-state index in [-0.39, 0.29) is 11.9 Å². The van der Waals surface area contributed by atoms with Crippen molar-refractivity contribution in [3.63, 3.8) is 0 Å². The lowest BCUT2D eigenvalue weighted by Gasteiger charge is -2.19. The number of carbonyl (C=O) groups is 1. The number of rotatable bonds is 5. The van der Waals surface area contributed by atoms with Crippen molar-refractivity contribution in [3.8, 4) is 0 Å². The number of fused-ring (bicyclic) bond motifs is 1. The molecule has 2 N–H and O–H groups in total. The standard InChI is InChI=1S/C21H26N6O2/c1-13(28)14-8-9-18(22-11-14)24-21-23-12-15-10-17(20(29)26(2)3)27(19(15)25-21)16-6-4-5-7-16/h8-13,16,28H,4-7H2,1-3H3,(H,22,23,24,25). The van der Waals surface area contributed by atoms with E-state index in [1.165, 1.54) is 0 Å². The Labute approximate surface area is 169 Å². The molecule has 1 amide bonds. The summed E-state index contributed by atoms with van der Waals surface area (Å²) in [5, 5.41) is 13.6. The predicted molar refractivity (Wildman–Crippen MR) is 111 cm³/mol. The van der Waals surface area contributed by atoms with Gasteiger partial charge in [0.15, 0.2) is 0 Å². The highest BCUT2D eigenvalue weighted by Gasteiger charge is 2.26. The molecule has 0 spiro atoms. The molecule has 0 bridgehead atoms. The minimum absolute atomic E-state index is 0.0280. The Morgan fingerprint density at radius 2 is 2.00 bits per heavy atom.